The molecule has 39 heavy (non-hydrogen) atoms. The van der Waals surface area contributed by atoms with E-state index in [1.165, 1.54) is 5.56 Å². The van der Waals surface area contributed by atoms with Crippen LogP contribution < -0.4 is 21.1 Å². The highest BCUT2D eigenvalue weighted by Crippen LogP contribution is 2.34. The monoisotopic (exact) mass is 531 g/mol. The summed E-state index contributed by atoms with van der Waals surface area (Å²) in [4.78, 5) is 11.7. The molecule has 2 aromatic heterocycles. The molecule has 1 aliphatic heterocycles. The zero-order valence-electron chi connectivity index (χ0n) is 23.2. The number of fused-ring (bicyclic) bond motifs is 3. The first-order valence-electron chi connectivity index (χ1n) is 14.1. The molecule has 1 aliphatic rings. The smallest absolute Gasteiger partial charge is 0.222 e. The number of hydrogen-bond acceptors (Lipinski definition) is 8. The Morgan fingerprint density at radius 3 is 2.72 bits per heavy atom. The van der Waals surface area contributed by atoms with Crippen LogP contribution in [0.2, 0.25) is 0 Å². The molecular formula is C30H41N7O2. The van der Waals surface area contributed by atoms with Crippen molar-refractivity contribution in [3.8, 4) is 5.75 Å². The van der Waals surface area contributed by atoms with Crippen LogP contribution in [0, 0.1) is 0 Å². The Balaban J connectivity index is 1.38. The molecule has 0 saturated carbocycles. The van der Waals surface area contributed by atoms with E-state index >= 15 is 0 Å². The van der Waals surface area contributed by atoms with Gasteiger partial charge in [-0.25, -0.2) is 4.98 Å². The van der Waals surface area contributed by atoms with Gasteiger partial charge in [0.15, 0.2) is 5.82 Å². The summed E-state index contributed by atoms with van der Waals surface area (Å²) >= 11 is 0. The average molecular weight is 532 g/mol. The molecule has 0 radical (unpaired) electrons. The van der Waals surface area contributed by atoms with Gasteiger partial charge in [-0.2, -0.15) is 4.98 Å². The fourth-order valence-corrected chi connectivity index (χ4v) is 5.34. The first-order chi connectivity index (χ1) is 19.2. The molecule has 9 heteroatoms. The fraction of sp³-hybridized carbons (Fsp3) is 0.467. The highest BCUT2D eigenvalue weighted by atomic mass is 16.5. The third-order valence-electron chi connectivity index (χ3n) is 7.38. The van der Waals surface area contributed by atoms with E-state index in [1.54, 1.807) is 7.11 Å². The second kappa shape index (κ2) is 13.1. The molecular weight excluding hydrogens is 490 g/mol. The summed E-state index contributed by atoms with van der Waals surface area (Å²) in [7, 11) is 1.73. The van der Waals surface area contributed by atoms with Crippen molar-refractivity contribution in [1.82, 2.24) is 24.8 Å². The third-order valence-corrected chi connectivity index (χ3v) is 7.38. The van der Waals surface area contributed by atoms with E-state index in [0.29, 0.717) is 6.54 Å². The normalized spacial score (nSPS) is 14.3. The molecule has 5 rings (SSSR count). The zero-order valence-corrected chi connectivity index (χ0v) is 23.2. The van der Waals surface area contributed by atoms with E-state index in [2.05, 4.69) is 73.4 Å². The number of nitrogen functional groups attached to an aromatic ring is 1. The summed E-state index contributed by atoms with van der Waals surface area (Å²) in [6.07, 6.45) is 3.28. The van der Waals surface area contributed by atoms with Crippen LogP contribution in [-0.2, 0) is 17.8 Å². The standard InChI is InChI=1S/C30H41N7O2/c1-3-4-13-33-29-28-27(34-30(31)35-29)24-8-5-6-9-25(24)37(28)21-23-19-22(10-11-26(23)38-2)20-32-12-7-14-36-15-17-39-18-16-36/h5-6,8-11,19,32H,3-4,7,12-18,20-21H2,1-2H3,(H3,31,33,34,35). The van der Waals surface area contributed by atoms with Crippen molar-refractivity contribution in [1.29, 1.82) is 0 Å². The number of ether oxygens (including phenoxy) is 2. The summed E-state index contributed by atoms with van der Waals surface area (Å²) in [5.41, 5.74) is 11.4. The molecule has 0 bridgehead atoms. The van der Waals surface area contributed by atoms with E-state index in [4.69, 9.17) is 15.2 Å². The molecule has 208 valence electrons. The molecule has 2 aromatic carbocycles. The number of unbranched alkanes of at least 4 members (excludes halogenated alkanes) is 1. The lowest BCUT2D eigenvalue weighted by Crippen LogP contribution is -2.37. The maximum Gasteiger partial charge on any atom is 0.222 e. The van der Waals surface area contributed by atoms with Crippen LogP contribution in [0.15, 0.2) is 42.5 Å². The molecule has 4 N–H and O–H groups in total. The first kappa shape index (κ1) is 27.2. The predicted octanol–water partition coefficient (Wildman–Crippen LogP) is 4.25. The second-order valence-electron chi connectivity index (χ2n) is 10.1. The number of nitrogens with zero attached hydrogens (tertiary/aromatic N) is 4. The van der Waals surface area contributed by atoms with E-state index < -0.39 is 0 Å². The Labute approximate surface area is 230 Å². The number of para-hydroxylation sites is 1. The van der Waals surface area contributed by atoms with Gasteiger partial charge in [0.2, 0.25) is 5.95 Å². The Kier molecular flexibility index (Phi) is 9.13. The van der Waals surface area contributed by atoms with Crippen molar-refractivity contribution in [2.24, 2.45) is 0 Å². The number of benzene rings is 2. The van der Waals surface area contributed by atoms with Crippen molar-refractivity contribution < 1.29 is 9.47 Å². The van der Waals surface area contributed by atoms with Crippen molar-refractivity contribution in [2.75, 3.05) is 64.1 Å². The lowest BCUT2D eigenvalue weighted by Gasteiger charge is -2.26. The van der Waals surface area contributed by atoms with Gasteiger partial charge in [-0.05, 0) is 49.7 Å². The van der Waals surface area contributed by atoms with Crippen LogP contribution in [0.3, 0.4) is 0 Å². The van der Waals surface area contributed by atoms with Gasteiger partial charge >= 0.3 is 0 Å². The first-order valence-corrected chi connectivity index (χ1v) is 14.1. The third kappa shape index (κ3) is 6.43. The largest absolute Gasteiger partial charge is 0.496 e. The van der Waals surface area contributed by atoms with E-state index in [0.717, 1.165) is 111 Å². The fourth-order valence-electron chi connectivity index (χ4n) is 5.34. The number of nitrogens with one attached hydrogen (secondary N) is 2. The van der Waals surface area contributed by atoms with E-state index in [1.807, 2.05) is 6.07 Å². The van der Waals surface area contributed by atoms with Crippen LogP contribution in [0.5, 0.6) is 5.75 Å². The maximum absolute atomic E-state index is 6.15. The number of nitrogens with two attached hydrogens (primary N) is 1. The molecule has 4 aromatic rings. The van der Waals surface area contributed by atoms with Crippen molar-refractivity contribution in [3.63, 3.8) is 0 Å². The van der Waals surface area contributed by atoms with Crippen LogP contribution >= 0.6 is 0 Å². The number of anilines is 2. The molecule has 0 amide bonds. The van der Waals surface area contributed by atoms with E-state index in [9.17, 15) is 0 Å². The van der Waals surface area contributed by atoms with Gasteiger partial charge in [-0.1, -0.05) is 37.6 Å². The Morgan fingerprint density at radius 2 is 1.90 bits per heavy atom. The van der Waals surface area contributed by atoms with Crippen molar-refractivity contribution >= 4 is 33.7 Å². The maximum atomic E-state index is 6.15. The van der Waals surface area contributed by atoms with Gasteiger partial charge in [0.1, 0.15) is 16.8 Å². The molecule has 0 spiro atoms. The van der Waals surface area contributed by atoms with Crippen LogP contribution in [0.4, 0.5) is 11.8 Å². The average Bonchev–Trinajstić information content (AvgIpc) is 3.27. The minimum absolute atomic E-state index is 0.281. The van der Waals surface area contributed by atoms with Crippen molar-refractivity contribution in [2.45, 2.75) is 39.3 Å². The van der Waals surface area contributed by atoms with Gasteiger partial charge < -0.3 is 30.4 Å². The molecule has 1 saturated heterocycles. The van der Waals surface area contributed by atoms with Gasteiger partial charge in [-0.3, -0.25) is 4.90 Å². The summed E-state index contributed by atoms with van der Waals surface area (Å²) in [6, 6.07) is 14.8. The number of methoxy groups -OCH3 is 1. The number of morpholine rings is 1. The quantitative estimate of drug-likeness (QED) is 0.220. The molecule has 9 nitrogen and oxygen atoms in total. The summed E-state index contributed by atoms with van der Waals surface area (Å²) in [5, 5.41) is 8.20. The molecule has 1 fully saturated rings. The van der Waals surface area contributed by atoms with Crippen LogP contribution in [0.1, 0.15) is 37.3 Å². The topological polar surface area (TPSA) is 102 Å². The Hall–Kier alpha value is -3.40. The zero-order chi connectivity index (χ0) is 27.0. The van der Waals surface area contributed by atoms with Gasteiger partial charge in [-0.15, -0.1) is 0 Å². The lowest BCUT2D eigenvalue weighted by atomic mass is 10.1. The van der Waals surface area contributed by atoms with Gasteiger partial charge in [0, 0.05) is 37.1 Å². The number of hydrogen-bond donors (Lipinski definition) is 3. The number of aromatic nitrogens is 3. The molecule has 0 atom stereocenters. The second-order valence-corrected chi connectivity index (χ2v) is 10.1. The van der Waals surface area contributed by atoms with Crippen LogP contribution in [0.25, 0.3) is 21.9 Å². The predicted molar refractivity (Wildman–Crippen MR) is 159 cm³/mol. The molecule has 0 unspecified atom stereocenters. The Morgan fingerprint density at radius 1 is 1.05 bits per heavy atom. The van der Waals surface area contributed by atoms with Gasteiger partial charge in [0.05, 0.1) is 32.4 Å². The molecule has 3 heterocycles. The van der Waals surface area contributed by atoms with Crippen molar-refractivity contribution in [3.05, 3.63) is 53.6 Å². The summed E-state index contributed by atoms with van der Waals surface area (Å²) in [5.74, 6) is 1.93. The SMILES string of the molecule is CCCCNc1nc(N)nc2c3ccccc3n(Cc3cc(CNCCCN4CCOCC4)ccc3OC)c12. The summed E-state index contributed by atoms with van der Waals surface area (Å²) < 4.78 is 13.5. The van der Waals surface area contributed by atoms with Gasteiger partial charge in [0.25, 0.3) is 0 Å². The Bertz CT molecular complexity index is 1380. The number of rotatable bonds is 13. The molecule has 0 aliphatic carbocycles. The van der Waals surface area contributed by atoms with E-state index in [-0.39, 0.29) is 5.95 Å². The minimum Gasteiger partial charge on any atom is -0.496 e. The highest BCUT2D eigenvalue weighted by molar-refractivity contribution is 6.09. The lowest BCUT2D eigenvalue weighted by molar-refractivity contribution is 0.0374. The highest BCUT2D eigenvalue weighted by Gasteiger charge is 2.19. The van der Waals surface area contributed by atoms with Crippen LogP contribution in [-0.4, -0.2) is 72.5 Å². The summed E-state index contributed by atoms with van der Waals surface area (Å²) in [6.45, 7) is 10.3. The minimum atomic E-state index is 0.281.